The highest BCUT2D eigenvalue weighted by Gasteiger charge is 2.19. The Morgan fingerprint density at radius 1 is 1.00 bits per heavy atom. The molecule has 0 nitrogen and oxygen atoms in total. The Morgan fingerprint density at radius 2 is 1.70 bits per heavy atom. The minimum atomic E-state index is -0.227. The van der Waals surface area contributed by atoms with E-state index < -0.39 is 0 Å². The van der Waals surface area contributed by atoms with Gasteiger partial charge in [0.05, 0.1) is 9.40 Å². The Hall–Kier alpha value is -1.74. The number of hydrogen-bond donors (Lipinski definition) is 0. The topological polar surface area (TPSA) is 0 Å². The lowest BCUT2D eigenvalue weighted by atomic mass is 9.87. The van der Waals surface area contributed by atoms with Gasteiger partial charge in [0.15, 0.2) is 0 Å². The molecular weight excluding hydrogens is 310 g/mol. The highest BCUT2D eigenvalue weighted by Crippen LogP contribution is 2.41. The Balaban J connectivity index is 1.95. The van der Waals surface area contributed by atoms with Crippen LogP contribution in [0.15, 0.2) is 30.3 Å². The molecule has 3 aromatic rings. The summed E-state index contributed by atoms with van der Waals surface area (Å²) in [6.07, 6.45) is 5.19. The number of thiophene rings is 1. The molecule has 0 fully saturated rings. The van der Waals surface area contributed by atoms with E-state index in [-0.39, 0.29) is 11.6 Å². The summed E-state index contributed by atoms with van der Waals surface area (Å²) in [5, 5.41) is 1.62. The van der Waals surface area contributed by atoms with Crippen molar-refractivity contribution in [2.45, 2.75) is 33.1 Å². The molecule has 3 heteroatoms. The number of rotatable bonds is 1. The molecule has 1 aliphatic carbocycles. The summed E-state index contributed by atoms with van der Waals surface area (Å²) in [6.45, 7) is 3.97. The Labute approximate surface area is 138 Å². The fraction of sp³-hybridized carbons (Fsp3) is 0.300. The lowest BCUT2D eigenvalue weighted by Gasteiger charge is -2.19. The molecule has 0 bridgehead atoms. The van der Waals surface area contributed by atoms with Crippen LogP contribution in [-0.2, 0) is 0 Å². The molecule has 0 spiro atoms. The maximum absolute atomic E-state index is 15.1. The summed E-state index contributed by atoms with van der Waals surface area (Å²) in [5.41, 5.74) is 2.39. The van der Waals surface area contributed by atoms with Crippen molar-refractivity contribution in [1.29, 1.82) is 0 Å². The van der Waals surface area contributed by atoms with Crippen molar-refractivity contribution < 1.29 is 8.78 Å². The average molecular weight is 328 g/mol. The number of fused-ring (bicyclic) bond motifs is 3. The van der Waals surface area contributed by atoms with Crippen molar-refractivity contribution in [3.05, 3.63) is 53.1 Å². The first-order valence-corrected chi connectivity index (χ1v) is 8.87. The van der Waals surface area contributed by atoms with Crippen LogP contribution in [0.4, 0.5) is 8.78 Å². The van der Waals surface area contributed by atoms with Crippen molar-refractivity contribution in [3.63, 3.8) is 0 Å². The minimum absolute atomic E-state index is 0.193. The number of benzene rings is 2. The smallest absolute Gasteiger partial charge is 0.148 e. The fourth-order valence-electron chi connectivity index (χ4n) is 3.39. The normalized spacial score (nSPS) is 18.6. The third-order valence-electron chi connectivity index (χ3n) is 4.90. The van der Waals surface area contributed by atoms with Crippen LogP contribution >= 0.6 is 11.3 Å². The van der Waals surface area contributed by atoms with E-state index in [9.17, 15) is 4.39 Å². The van der Waals surface area contributed by atoms with Crippen molar-refractivity contribution >= 4 is 37.1 Å². The van der Waals surface area contributed by atoms with E-state index in [1.54, 1.807) is 13.0 Å². The van der Waals surface area contributed by atoms with Crippen molar-refractivity contribution in [2.24, 2.45) is 5.92 Å². The molecule has 0 aliphatic heterocycles. The molecule has 1 unspecified atom stereocenters. The number of hydrogen-bond acceptors (Lipinski definition) is 1. The second kappa shape index (κ2) is 5.41. The first-order valence-electron chi connectivity index (χ1n) is 8.05. The number of halogens is 2. The number of aryl methyl sites for hydroxylation is 1. The molecule has 118 valence electrons. The monoisotopic (exact) mass is 328 g/mol. The van der Waals surface area contributed by atoms with E-state index in [2.05, 4.69) is 13.0 Å². The van der Waals surface area contributed by atoms with Crippen molar-refractivity contribution in [1.82, 2.24) is 0 Å². The maximum atomic E-state index is 15.1. The predicted molar refractivity (Wildman–Crippen MR) is 95.0 cm³/mol. The molecule has 2 aromatic carbocycles. The zero-order valence-corrected chi connectivity index (χ0v) is 14.1. The van der Waals surface area contributed by atoms with Crippen LogP contribution in [0.5, 0.6) is 0 Å². The summed E-state index contributed by atoms with van der Waals surface area (Å²) < 4.78 is 30.5. The molecular formula is C20H18F2S. The van der Waals surface area contributed by atoms with Gasteiger partial charge in [-0.15, -0.1) is 11.3 Å². The third kappa shape index (κ3) is 2.29. The largest absolute Gasteiger partial charge is 0.205 e. The molecule has 4 rings (SSSR count). The number of allylic oxidation sites excluding steroid dienone is 2. The van der Waals surface area contributed by atoms with Gasteiger partial charge in [0.25, 0.3) is 0 Å². The predicted octanol–water partition coefficient (Wildman–Crippen LogP) is 6.84. The molecule has 0 saturated carbocycles. The molecule has 1 heterocycles. The van der Waals surface area contributed by atoms with E-state index in [0.717, 1.165) is 35.6 Å². The fourth-order valence-corrected chi connectivity index (χ4v) is 4.62. The van der Waals surface area contributed by atoms with Gasteiger partial charge in [-0.3, -0.25) is 0 Å². The molecule has 0 N–H and O–H groups in total. The molecule has 23 heavy (non-hydrogen) atoms. The summed E-state index contributed by atoms with van der Waals surface area (Å²) >= 11 is 1.23. The standard InChI is InChI=1S/C20H18F2S/c1-11-3-6-13(7-4-11)14-9-10-16-15-8-5-12(2)17(21)19(15)23-20(16)18(14)22/h5-6,8-11H,3-4,7H2,1-2H3. The summed E-state index contributed by atoms with van der Waals surface area (Å²) in [4.78, 5) is 0. The third-order valence-corrected chi connectivity index (χ3v) is 6.11. The van der Waals surface area contributed by atoms with Crippen LogP contribution in [0.3, 0.4) is 0 Å². The van der Waals surface area contributed by atoms with Crippen molar-refractivity contribution in [3.8, 4) is 0 Å². The summed E-state index contributed by atoms with van der Waals surface area (Å²) in [7, 11) is 0. The van der Waals surface area contributed by atoms with Crippen LogP contribution in [0.2, 0.25) is 0 Å². The summed E-state index contributed by atoms with van der Waals surface area (Å²) in [6, 6.07) is 7.47. The van der Waals surface area contributed by atoms with Crippen LogP contribution in [0.25, 0.3) is 25.7 Å². The van der Waals surface area contributed by atoms with Crippen LogP contribution in [0.1, 0.15) is 37.3 Å². The van der Waals surface area contributed by atoms with Gasteiger partial charge in [-0.2, -0.15) is 0 Å². The molecule has 1 atom stereocenters. The molecule has 0 amide bonds. The maximum Gasteiger partial charge on any atom is 0.148 e. The lowest BCUT2D eigenvalue weighted by Crippen LogP contribution is -2.02. The summed E-state index contributed by atoms with van der Waals surface area (Å²) in [5.74, 6) is 0.254. The minimum Gasteiger partial charge on any atom is -0.205 e. The van der Waals surface area contributed by atoms with Gasteiger partial charge in [-0.25, -0.2) is 8.78 Å². The molecule has 0 radical (unpaired) electrons. The van der Waals surface area contributed by atoms with Gasteiger partial charge in [-0.1, -0.05) is 37.3 Å². The van der Waals surface area contributed by atoms with Crippen LogP contribution < -0.4 is 0 Å². The molecule has 1 aliphatic rings. The van der Waals surface area contributed by atoms with E-state index in [1.807, 2.05) is 18.2 Å². The van der Waals surface area contributed by atoms with E-state index in [0.29, 0.717) is 26.4 Å². The molecule has 0 saturated heterocycles. The second-order valence-corrected chi connectivity index (χ2v) is 7.61. The first kappa shape index (κ1) is 14.8. The Bertz CT molecular complexity index is 949. The molecule has 1 aromatic heterocycles. The van der Waals surface area contributed by atoms with E-state index >= 15 is 4.39 Å². The van der Waals surface area contributed by atoms with Gasteiger partial charge in [0.1, 0.15) is 11.6 Å². The van der Waals surface area contributed by atoms with Gasteiger partial charge in [0.2, 0.25) is 0 Å². The van der Waals surface area contributed by atoms with Crippen molar-refractivity contribution in [2.75, 3.05) is 0 Å². The lowest BCUT2D eigenvalue weighted by molar-refractivity contribution is 0.532. The van der Waals surface area contributed by atoms with E-state index in [4.69, 9.17) is 0 Å². The quantitative estimate of drug-likeness (QED) is 0.458. The first-order chi connectivity index (χ1) is 11.1. The SMILES string of the molecule is Cc1ccc2c(sc3c(F)c(C4=CCC(C)CC4)ccc32)c1F. The van der Waals surface area contributed by atoms with Gasteiger partial charge in [-0.05, 0) is 43.2 Å². The Kier molecular flexibility index (Phi) is 3.49. The van der Waals surface area contributed by atoms with E-state index in [1.165, 1.54) is 11.3 Å². The highest BCUT2D eigenvalue weighted by molar-refractivity contribution is 7.25. The average Bonchev–Trinajstić information content (AvgIpc) is 2.93. The van der Waals surface area contributed by atoms with Crippen LogP contribution in [-0.4, -0.2) is 0 Å². The van der Waals surface area contributed by atoms with Gasteiger partial charge >= 0.3 is 0 Å². The van der Waals surface area contributed by atoms with Gasteiger partial charge in [0, 0.05) is 16.3 Å². The highest BCUT2D eigenvalue weighted by atomic mass is 32.1. The Morgan fingerprint density at radius 3 is 2.39 bits per heavy atom. The zero-order valence-electron chi connectivity index (χ0n) is 13.2. The second-order valence-electron chi connectivity index (χ2n) is 6.59. The zero-order chi connectivity index (χ0) is 16.1. The van der Waals surface area contributed by atoms with Crippen LogP contribution in [0, 0.1) is 24.5 Å². The van der Waals surface area contributed by atoms with Gasteiger partial charge < -0.3 is 0 Å².